The molecule has 1 N–H and O–H groups in total. The summed E-state index contributed by atoms with van der Waals surface area (Å²) in [6.45, 7) is 14.3. The summed E-state index contributed by atoms with van der Waals surface area (Å²) in [5, 5.41) is 3.61. The molecule has 1 aliphatic heterocycles. The lowest BCUT2D eigenvalue weighted by Crippen LogP contribution is -2.43. The van der Waals surface area contributed by atoms with Crippen LogP contribution < -0.4 is 5.32 Å². The summed E-state index contributed by atoms with van der Waals surface area (Å²) in [6, 6.07) is 0.725. The first-order chi connectivity index (χ1) is 8.61. The minimum Gasteiger partial charge on any atom is -0.316 e. The molecule has 2 unspecified atom stereocenters. The summed E-state index contributed by atoms with van der Waals surface area (Å²) < 4.78 is 0. The lowest BCUT2D eigenvalue weighted by Gasteiger charge is -2.34. The van der Waals surface area contributed by atoms with Gasteiger partial charge in [0, 0.05) is 6.04 Å². The Morgan fingerprint density at radius 3 is 1.94 bits per heavy atom. The molecular formula is C16H34N2. The van der Waals surface area contributed by atoms with Crippen LogP contribution in [-0.2, 0) is 0 Å². The second kappa shape index (κ2) is 8.92. The Morgan fingerprint density at radius 2 is 1.39 bits per heavy atom. The van der Waals surface area contributed by atoms with Crippen LogP contribution in [0, 0.1) is 11.8 Å². The number of hydrogen-bond donors (Lipinski definition) is 1. The van der Waals surface area contributed by atoms with Gasteiger partial charge in [-0.2, -0.15) is 0 Å². The maximum atomic E-state index is 3.61. The van der Waals surface area contributed by atoms with Gasteiger partial charge in [0.25, 0.3) is 0 Å². The third-order valence-electron chi connectivity index (χ3n) is 4.31. The molecule has 2 heteroatoms. The molecule has 1 fully saturated rings. The summed E-state index contributed by atoms with van der Waals surface area (Å²) in [5.41, 5.74) is 0. The maximum Gasteiger partial charge on any atom is 0.0105 e. The summed E-state index contributed by atoms with van der Waals surface area (Å²) in [6.07, 6.45) is 7.12. The van der Waals surface area contributed by atoms with E-state index in [-0.39, 0.29) is 0 Å². The smallest absolute Gasteiger partial charge is 0.0105 e. The normalized spacial score (nSPS) is 22.5. The highest BCUT2D eigenvalue weighted by Crippen LogP contribution is 2.16. The van der Waals surface area contributed by atoms with Crippen molar-refractivity contribution in [2.45, 2.75) is 65.8 Å². The Hall–Kier alpha value is -0.0800. The molecule has 2 nitrogen and oxygen atoms in total. The largest absolute Gasteiger partial charge is 0.316 e. The predicted molar refractivity (Wildman–Crippen MR) is 81.0 cm³/mol. The van der Waals surface area contributed by atoms with Gasteiger partial charge in [0.1, 0.15) is 0 Å². The molecule has 0 amide bonds. The van der Waals surface area contributed by atoms with Crippen molar-refractivity contribution in [2.24, 2.45) is 11.8 Å². The minimum atomic E-state index is 0.725. The van der Waals surface area contributed by atoms with Gasteiger partial charge in [-0.05, 0) is 57.8 Å². The van der Waals surface area contributed by atoms with Crippen LogP contribution in [0.2, 0.25) is 0 Å². The van der Waals surface area contributed by atoms with Gasteiger partial charge in [-0.25, -0.2) is 0 Å². The Bertz CT molecular complexity index is 195. The van der Waals surface area contributed by atoms with Crippen molar-refractivity contribution in [1.82, 2.24) is 10.2 Å². The zero-order valence-corrected chi connectivity index (χ0v) is 13.0. The molecule has 1 aliphatic rings. The highest BCUT2D eigenvalue weighted by atomic mass is 15.2. The third kappa shape index (κ3) is 6.19. The van der Waals surface area contributed by atoms with Crippen molar-refractivity contribution in [2.75, 3.05) is 26.2 Å². The molecule has 18 heavy (non-hydrogen) atoms. The van der Waals surface area contributed by atoms with E-state index >= 15 is 0 Å². The lowest BCUT2D eigenvalue weighted by molar-refractivity contribution is 0.146. The highest BCUT2D eigenvalue weighted by Gasteiger charge is 2.20. The summed E-state index contributed by atoms with van der Waals surface area (Å²) >= 11 is 0. The first-order valence-electron chi connectivity index (χ1n) is 8.06. The lowest BCUT2D eigenvalue weighted by atomic mass is 9.99. The molecule has 108 valence electrons. The van der Waals surface area contributed by atoms with Crippen molar-refractivity contribution >= 4 is 0 Å². The summed E-state index contributed by atoms with van der Waals surface area (Å²) in [4.78, 5) is 2.72. The standard InChI is InChI=1S/C16H34N2/c1-14(2)12-17-13-15(3)16(4)18-10-8-6-5-7-9-11-18/h14-17H,5-13H2,1-4H3. The zero-order valence-electron chi connectivity index (χ0n) is 13.0. The van der Waals surface area contributed by atoms with E-state index in [2.05, 4.69) is 37.9 Å². The Morgan fingerprint density at radius 1 is 0.833 bits per heavy atom. The molecular weight excluding hydrogens is 220 g/mol. The second-order valence-electron chi connectivity index (χ2n) is 6.57. The first-order valence-corrected chi connectivity index (χ1v) is 8.06. The number of nitrogens with one attached hydrogen (secondary N) is 1. The predicted octanol–water partition coefficient (Wildman–Crippen LogP) is 3.52. The van der Waals surface area contributed by atoms with Crippen LogP contribution in [0.1, 0.15) is 59.8 Å². The fourth-order valence-electron chi connectivity index (χ4n) is 2.81. The fraction of sp³-hybridized carbons (Fsp3) is 1.00. The van der Waals surface area contributed by atoms with Gasteiger partial charge >= 0.3 is 0 Å². The molecule has 0 saturated carbocycles. The highest BCUT2D eigenvalue weighted by molar-refractivity contribution is 4.76. The molecule has 0 radical (unpaired) electrons. The van der Waals surface area contributed by atoms with Crippen molar-refractivity contribution < 1.29 is 0 Å². The van der Waals surface area contributed by atoms with E-state index in [0.717, 1.165) is 31.0 Å². The molecule has 1 saturated heterocycles. The molecule has 1 heterocycles. The van der Waals surface area contributed by atoms with E-state index in [1.807, 2.05) is 0 Å². The number of hydrogen-bond acceptors (Lipinski definition) is 2. The second-order valence-corrected chi connectivity index (χ2v) is 6.57. The summed E-state index contributed by atoms with van der Waals surface area (Å²) in [7, 11) is 0. The Labute approximate surface area is 115 Å². The summed E-state index contributed by atoms with van der Waals surface area (Å²) in [5.74, 6) is 1.51. The average molecular weight is 254 g/mol. The van der Waals surface area contributed by atoms with Gasteiger partial charge in [0.15, 0.2) is 0 Å². The molecule has 0 aliphatic carbocycles. The fourth-order valence-corrected chi connectivity index (χ4v) is 2.81. The number of likely N-dealkylation sites (tertiary alicyclic amines) is 1. The van der Waals surface area contributed by atoms with Crippen molar-refractivity contribution in [3.8, 4) is 0 Å². The van der Waals surface area contributed by atoms with E-state index in [4.69, 9.17) is 0 Å². The van der Waals surface area contributed by atoms with E-state index in [1.54, 1.807) is 0 Å². The van der Waals surface area contributed by atoms with E-state index < -0.39 is 0 Å². The molecule has 0 aromatic heterocycles. The van der Waals surface area contributed by atoms with E-state index in [1.165, 1.54) is 45.2 Å². The van der Waals surface area contributed by atoms with Crippen LogP contribution in [-0.4, -0.2) is 37.1 Å². The molecule has 0 spiro atoms. The Balaban J connectivity index is 2.28. The molecule has 1 rings (SSSR count). The maximum absolute atomic E-state index is 3.61. The van der Waals surface area contributed by atoms with Crippen LogP contribution in [0.4, 0.5) is 0 Å². The van der Waals surface area contributed by atoms with Crippen molar-refractivity contribution in [3.05, 3.63) is 0 Å². The van der Waals surface area contributed by atoms with Crippen LogP contribution in [0.3, 0.4) is 0 Å². The van der Waals surface area contributed by atoms with Gasteiger partial charge in [0.2, 0.25) is 0 Å². The SMILES string of the molecule is CC(C)CNCC(C)C(C)N1CCCCCCC1. The Kier molecular flexibility index (Phi) is 7.92. The van der Waals surface area contributed by atoms with Crippen molar-refractivity contribution in [3.63, 3.8) is 0 Å². The topological polar surface area (TPSA) is 15.3 Å². The molecule has 2 atom stereocenters. The van der Waals surface area contributed by atoms with Gasteiger partial charge in [-0.1, -0.05) is 40.0 Å². The minimum absolute atomic E-state index is 0.725. The number of rotatable bonds is 6. The first kappa shape index (κ1) is 16.0. The van der Waals surface area contributed by atoms with E-state index in [9.17, 15) is 0 Å². The molecule has 0 aromatic carbocycles. The number of nitrogens with zero attached hydrogens (tertiary/aromatic N) is 1. The monoisotopic (exact) mass is 254 g/mol. The molecule has 0 aromatic rings. The molecule has 0 bridgehead atoms. The van der Waals surface area contributed by atoms with Crippen LogP contribution >= 0.6 is 0 Å². The van der Waals surface area contributed by atoms with Crippen LogP contribution in [0.5, 0.6) is 0 Å². The van der Waals surface area contributed by atoms with Gasteiger partial charge < -0.3 is 10.2 Å². The van der Waals surface area contributed by atoms with Crippen LogP contribution in [0.25, 0.3) is 0 Å². The quantitative estimate of drug-likeness (QED) is 0.780. The third-order valence-corrected chi connectivity index (χ3v) is 4.31. The van der Waals surface area contributed by atoms with E-state index in [0.29, 0.717) is 0 Å². The average Bonchev–Trinajstić information content (AvgIpc) is 2.27. The van der Waals surface area contributed by atoms with Gasteiger partial charge in [0.05, 0.1) is 0 Å². The van der Waals surface area contributed by atoms with Crippen molar-refractivity contribution in [1.29, 1.82) is 0 Å². The van der Waals surface area contributed by atoms with Crippen LogP contribution in [0.15, 0.2) is 0 Å². The van der Waals surface area contributed by atoms with Gasteiger partial charge in [-0.3, -0.25) is 0 Å². The van der Waals surface area contributed by atoms with Gasteiger partial charge in [-0.15, -0.1) is 0 Å². The zero-order chi connectivity index (χ0) is 13.4.